The molecular weight excluding hydrogens is 381 g/mol. The summed E-state index contributed by atoms with van der Waals surface area (Å²) in [5.41, 5.74) is 2.66. The van der Waals surface area contributed by atoms with E-state index in [4.69, 9.17) is 0 Å². The molecule has 0 fully saturated rings. The van der Waals surface area contributed by atoms with Crippen LogP contribution in [0.15, 0.2) is 73.2 Å². The van der Waals surface area contributed by atoms with Gasteiger partial charge in [0.2, 0.25) is 0 Å². The Balaban J connectivity index is 1.86. The van der Waals surface area contributed by atoms with E-state index in [1.54, 1.807) is 30.7 Å². The van der Waals surface area contributed by atoms with E-state index >= 15 is 4.39 Å². The molecule has 150 valence electrons. The second-order valence-corrected chi connectivity index (χ2v) is 6.62. The first-order chi connectivity index (χ1) is 14.7. The zero-order valence-electron chi connectivity index (χ0n) is 16.3. The highest BCUT2D eigenvalue weighted by Gasteiger charge is 2.16. The van der Waals surface area contributed by atoms with E-state index in [0.717, 1.165) is 11.3 Å². The van der Waals surface area contributed by atoms with Crippen LogP contribution in [0, 0.1) is 5.82 Å². The first kappa shape index (κ1) is 19.3. The number of halogens is 1. The third kappa shape index (κ3) is 4.05. The summed E-state index contributed by atoms with van der Waals surface area (Å²) in [6.07, 6.45) is 4.92. The SMILES string of the molecule is CCNC(=O)Nc1cc2c(F)c(-c3ccccc3)cc(Nc3cccnc3)c2cn1. The lowest BCUT2D eigenvalue weighted by Gasteiger charge is -2.15. The lowest BCUT2D eigenvalue weighted by molar-refractivity contribution is 0.252. The highest BCUT2D eigenvalue weighted by molar-refractivity contribution is 6.01. The molecule has 0 bridgehead atoms. The van der Waals surface area contributed by atoms with E-state index in [0.29, 0.717) is 28.6 Å². The first-order valence-electron chi connectivity index (χ1n) is 9.55. The maximum atomic E-state index is 15.5. The number of urea groups is 1. The van der Waals surface area contributed by atoms with Gasteiger partial charge < -0.3 is 10.6 Å². The Morgan fingerprint density at radius 2 is 1.87 bits per heavy atom. The van der Waals surface area contributed by atoms with E-state index in [9.17, 15) is 4.79 Å². The molecule has 0 saturated carbocycles. The van der Waals surface area contributed by atoms with Crippen LogP contribution in [0.1, 0.15) is 6.92 Å². The van der Waals surface area contributed by atoms with Gasteiger partial charge in [-0.3, -0.25) is 10.3 Å². The van der Waals surface area contributed by atoms with E-state index < -0.39 is 6.03 Å². The highest BCUT2D eigenvalue weighted by atomic mass is 19.1. The summed E-state index contributed by atoms with van der Waals surface area (Å²) < 4.78 is 15.5. The molecule has 0 aliphatic rings. The number of pyridine rings is 2. The van der Waals surface area contributed by atoms with Crippen LogP contribution in [-0.4, -0.2) is 22.5 Å². The molecule has 0 atom stereocenters. The van der Waals surface area contributed by atoms with Crippen LogP contribution < -0.4 is 16.0 Å². The Morgan fingerprint density at radius 1 is 1.03 bits per heavy atom. The van der Waals surface area contributed by atoms with Crippen molar-refractivity contribution >= 4 is 34.0 Å². The molecule has 0 aliphatic carbocycles. The molecule has 7 heteroatoms. The van der Waals surface area contributed by atoms with E-state index in [1.807, 2.05) is 49.4 Å². The summed E-state index contributed by atoms with van der Waals surface area (Å²) in [6, 6.07) is 15.9. The fourth-order valence-corrected chi connectivity index (χ4v) is 3.19. The van der Waals surface area contributed by atoms with Crippen LogP contribution in [0.4, 0.5) is 26.4 Å². The molecule has 4 aromatic rings. The van der Waals surface area contributed by atoms with Gasteiger partial charge in [-0.15, -0.1) is 0 Å². The van der Waals surface area contributed by atoms with Crippen molar-refractivity contribution in [2.24, 2.45) is 0 Å². The van der Waals surface area contributed by atoms with Gasteiger partial charge in [-0.05, 0) is 36.8 Å². The smallest absolute Gasteiger partial charge is 0.320 e. The standard InChI is InChI=1S/C23H20FN5O/c1-2-26-23(30)29-21-12-18-19(14-27-21)20(28-16-9-6-10-25-13-16)11-17(22(18)24)15-7-4-3-5-8-15/h3-14,28H,2H2,1H3,(H2,26,27,29,30). The largest absolute Gasteiger partial charge is 0.354 e. The molecule has 3 N–H and O–H groups in total. The minimum absolute atomic E-state index is 0.268. The van der Waals surface area contributed by atoms with Gasteiger partial charge in [0.1, 0.15) is 11.6 Å². The summed E-state index contributed by atoms with van der Waals surface area (Å²) in [6.45, 7) is 2.29. The van der Waals surface area contributed by atoms with Gasteiger partial charge in [0.15, 0.2) is 0 Å². The molecule has 0 unspecified atom stereocenters. The van der Waals surface area contributed by atoms with Gasteiger partial charge in [-0.1, -0.05) is 30.3 Å². The second kappa shape index (κ2) is 8.57. The summed E-state index contributed by atoms with van der Waals surface area (Å²) >= 11 is 0. The van der Waals surface area contributed by atoms with Crippen molar-refractivity contribution in [2.75, 3.05) is 17.2 Å². The zero-order chi connectivity index (χ0) is 20.9. The highest BCUT2D eigenvalue weighted by Crippen LogP contribution is 2.36. The Morgan fingerprint density at radius 3 is 2.60 bits per heavy atom. The normalized spacial score (nSPS) is 10.6. The molecule has 0 spiro atoms. The summed E-state index contributed by atoms with van der Waals surface area (Å²) in [4.78, 5) is 20.3. The van der Waals surface area contributed by atoms with Gasteiger partial charge in [0.25, 0.3) is 0 Å². The molecule has 2 amide bonds. The number of amides is 2. The number of nitrogens with one attached hydrogen (secondary N) is 3. The predicted molar refractivity (Wildman–Crippen MR) is 117 cm³/mol. The van der Waals surface area contributed by atoms with Gasteiger partial charge in [0, 0.05) is 41.0 Å². The van der Waals surface area contributed by atoms with E-state index in [2.05, 4.69) is 25.9 Å². The van der Waals surface area contributed by atoms with E-state index in [-0.39, 0.29) is 11.6 Å². The molecular formula is C23H20FN5O. The molecule has 2 aromatic heterocycles. The van der Waals surface area contributed by atoms with Crippen molar-refractivity contribution in [2.45, 2.75) is 6.92 Å². The number of anilines is 3. The third-order valence-corrected chi connectivity index (χ3v) is 4.56. The Kier molecular flexibility index (Phi) is 5.52. The number of nitrogens with zero attached hydrogens (tertiary/aromatic N) is 2. The second-order valence-electron chi connectivity index (χ2n) is 6.62. The number of rotatable bonds is 5. The molecule has 30 heavy (non-hydrogen) atoms. The van der Waals surface area contributed by atoms with E-state index in [1.165, 1.54) is 0 Å². The Hall–Kier alpha value is -4.00. The number of benzene rings is 2. The fraction of sp³-hybridized carbons (Fsp3) is 0.0870. The average Bonchev–Trinajstić information content (AvgIpc) is 2.77. The van der Waals surface area contributed by atoms with Crippen molar-refractivity contribution in [3.05, 3.63) is 79.0 Å². The molecule has 0 aliphatic heterocycles. The van der Waals surface area contributed by atoms with Gasteiger partial charge >= 0.3 is 6.03 Å². The van der Waals surface area contributed by atoms with Crippen LogP contribution >= 0.6 is 0 Å². The Bertz CT molecular complexity index is 1180. The molecule has 2 aromatic carbocycles. The lowest BCUT2D eigenvalue weighted by Crippen LogP contribution is -2.28. The van der Waals surface area contributed by atoms with Crippen molar-refractivity contribution in [3.8, 4) is 11.1 Å². The Labute approximate surface area is 173 Å². The molecule has 4 rings (SSSR count). The minimum atomic E-state index is -0.391. The minimum Gasteiger partial charge on any atom is -0.354 e. The van der Waals surface area contributed by atoms with Crippen molar-refractivity contribution < 1.29 is 9.18 Å². The van der Waals surface area contributed by atoms with Gasteiger partial charge in [-0.2, -0.15) is 0 Å². The number of hydrogen-bond donors (Lipinski definition) is 3. The van der Waals surface area contributed by atoms with Crippen LogP contribution in [0.25, 0.3) is 21.9 Å². The maximum absolute atomic E-state index is 15.5. The van der Waals surface area contributed by atoms with Crippen LogP contribution in [0.3, 0.4) is 0 Å². The monoisotopic (exact) mass is 401 g/mol. The number of carbonyl (C=O) groups excluding carboxylic acids is 1. The van der Waals surface area contributed by atoms with Gasteiger partial charge in [-0.25, -0.2) is 14.2 Å². The topological polar surface area (TPSA) is 78.9 Å². The number of hydrogen-bond acceptors (Lipinski definition) is 4. The molecule has 6 nitrogen and oxygen atoms in total. The molecule has 2 heterocycles. The predicted octanol–water partition coefficient (Wildman–Crippen LogP) is 5.32. The molecule has 0 radical (unpaired) electrons. The molecule has 0 saturated heterocycles. The lowest BCUT2D eigenvalue weighted by atomic mass is 9.99. The van der Waals surface area contributed by atoms with Crippen molar-refractivity contribution in [1.82, 2.24) is 15.3 Å². The van der Waals surface area contributed by atoms with Crippen molar-refractivity contribution in [1.29, 1.82) is 0 Å². The average molecular weight is 401 g/mol. The summed E-state index contributed by atoms with van der Waals surface area (Å²) in [5, 5.41) is 9.51. The summed E-state index contributed by atoms with van der Waals surface area (Å²) in [5.74, 6) is -0.112. The first-order valence-corrected chi connectivity index (χ1v) is 9.55. The number of carbonyl (C=O) groups is 1. The van der Waals surface area contributed by atoms with Crippen LogP contribution in [0.2, 0.25) is 0 Å². The summed E-state index contributed by atoms with van der Waals surface area (Å²) in [7, 11) is 0. The van der Waals surface area contributed by atoms with Crippen molar-refractivity contribution in [3.63, 3.8) is 0 Å². The maximum Gasteiger partial charge on any atom is 0.320 e. The third-order valence-electron chi connectivity index (χ3n) is 4.56. The quantitative estimate of drug-likeness (QED) is 0.423. The van der Waals surface area contributed by atoms with Crippen LogP contribution in [-0.2, 0) is 0 Å². The van der Waals surface area contributed by atoms with Gasteiger partial charge in [0.05, 0.1) is 11.9 Å². The number of fused-ring (bicyclic) bond motifs is 1. The van der Waals surface area contributed by atoms with Crippen LogP contribution in [0.5, 0.6) is 0 Å². The number of aromatic nitrogens is 2. The fourth-order valence-electron chi connectivity index (χ4n) is 3.19. The zero-order valence-corrected chi connectivity index (χ0v) is 16.3.